The van der Waals surface area contributed by atoms with Crippen LogP contribution in [0.2, 0.25) is 0 Å². The molecule has 0 radical (unpaired) electrons. The standard InChI is InChI=1S/C26H32FN3O2/c1-29(2)15-12-28-24(31)17-20-18-26(23-9-4-3-8-22(20)23)10-13-30(14-11-26)25(32)19-6-5-7-21(27)16-19/h3-9,16,20H,10-15,17-18H2,1-2H3,(H,28,31)/t20-/m0/s1. The summed E-state index contributed by atoms with van der Waals surface area (Å²) in [6.07, 6.45) is 3.17. The van der Waals surface area contributed by atoms with Gasteiger partial charge in [0, 0.05) is 38.2 Å². The molecule has 0 unspecified atom stereocenters. The van der Waals surface area contributed by atoms with Gasteiger partial charge >= 0.3 is 0 Å². The fourth-order valence-corrected chi connectivity index (χ4v) is 5.34. The van der Waals surface area contributed by atoms with Crippen molar-refractivity contribution >= 4 is 11.8 Å². The molecule has 32 heavy (non-hydrogen) atoms. The molecule has 5 nitrogen and oxygen atoms in total. The Bertz CT molecular complexity index is 983. The minimum absolute atomic E-state index is 0.00386. The van der Waals surface area contributed by atoms with Gasteiger partial charge in [0.1, 0.15) is 5.82 Å². The van der Waals surface area contributed by atoms with E-state index in [2.05, 4.69) is 34.5 Å². The number of carbonyl (C=O) groups excluding carboxylic acids is 2. The average Bonchev–Trinajstić information content (AvgIpc) is 3.06. The summed E-state index contributed by atoms with van der Waals surface area (Å²) in [4.78, 5) is 29.3. The van der Waals surface area contributed by atoms with E-state index in [1.165, 1.54) is 23.3 Å². The number of nitrogens with one attached hydrogen (secondary N) is 1. The van der Waals surface area contributed by atoms with Crippen LogP contribution >= 0.6 is 0 Å². The lowest BCUT2D eigenvalue weighted by Gasteiger charge is -2.40. The molecule has 1 fully saturated rings. The third kappa shape index (κ3) is 4.70. The number of fused-ring (bicyclic) bond motifs is 2. The van der Waals surface area contributed by atoms with E-state index in [-0.39, 0.29) is 29.0 Å². The highest BCUT2D eigenvalue weighted by atomic mass is 19.1. The number of nitrogens with zero attached hydrogens (tertiary/aromatic N) is 2. The van der Waals surface area contributed by atoms with Gasteiger partial charge in [0.25, 0.3) is 5.91 Å². The number of likely N-dealkylation sites (N-methyl/N-ethyl adjacent to an activating group) is 1. The summed E-state index contributed by atoms with van der Waals surface area (Å²) in [5.41, 5.74) is 3.02. The zero-order valence-electron chi connectivity index (χ0n) is 18.9. The third-order valence-corrected chi connectivity index (χ3v) is 7.00. The molecule has 1 atom stereocenters. The molecule has 2 aliphatic rings. The first-order chi connectivity index (χ1) is 15.4. The number of carbonyl (C=O) groups is 2. The Morgan fingerprint density at radius 2 is 1.88 bits per heavy atom. The SMILES string of the molecule is CN(C)CCNC(=O)C[C@H]1CC2(CCN(C(=O)c3cccc(F)c3)CC2)c2ccccc21. The normalized spacial score (nSPS) is 19.2. The van der Waals surface area contributed by atoms with Crippen molar-refractivity contribution in [2.75, 3.05) is 40.3 Å². The van der Waals surface area contributed by atoms with Crippen LogP contribution in [0.25, 0.3) is 0 Å². The van der Waals surface area contributed by atoms with Gasteiger partial charge in [-0.15, -0.1) is 0 Å². The van der Waals surface area contributed by atoms with Crippen molar-refractivity contribution in [1.29, 1.82) is 0 Å². The molecule has 1 N–H and O–H groups in total. The van der Waals surface area contributed by atoms with E-state index in [0.717, 1.165) is 25.8 Å². The van der Waals surface area contributed by atoms with Crippen LogP contribution in [-0.2, 0) is 10.2 Å². The van der Waals surface area contributed by atoms with E-state index >= 15 is 0 Å². The predicted molar refractivity (Wildman–Crippen MR) is 123 cm³/mol. The van der Waals surface area contributed by atoms with Gasteiger partial charge < -0.3 is 15.1 Å². The van der Waals surface area contributed by atoms with Crippen molar-refractivity contribution in [2.24, 2.45) is 0 Å². The van der Waals surface area contributed by atoms with Gasteiger partial charge in [0.2, 0.25) is 5.91 Å². The minimum atomic E-state index is -0.388. The molecule has 1 saturated heterocycles. The summed E-state index contributed by atoms with van der Waals surface area (Å²) in [5.74, 6) is -0.193. The van der Waals surface area contributed by atoms with Crippen molar-refractivity contribution in [2.45, 2.75) is 37.0 Å². The van der Waals surface area contributed by atoms with Gasteiger partial charge in [-0.3, -0.25) is 9.59 Å². The van der Waals surface area contributed by atoms with E-state index in [0.29, 0.717) is 31.6 Å². The van der Waals surface area contributed by atoms with Gasteiger partial charge in [0.05, 0.1) is 0 Å². The predicted octanol–water partition coefficient (Wildman–Crippen LogP) is 3.55. The Balaban J connectivity index is 1.43. The maximum Gasteiger partial charge on any atom is 0.253 e. The quantitative estimate of drug-likeness (QED) is 0.752. The first-order valence-corrected chi connectivity index (χ1v) is 11.4. The van der Waals surface area contributed by atoms with Gasteiger partial charge in [-0.2, -0.15) is 0 Å². The number of benzene rings is 2. The highest BCUT2D eigenvalue weighted by molar-refractivity contribution is 5.94. The number of piperidine rings is 1. The molecule has 2 aromatic carbocycles. The second-order valence-corrected chi connectivity index (χ2v) is 9.43. The fraction of sp³-hybridized carbons (Fsp3) is 0.462. The molecule has 0 bridgehead atoms. The zero-order valence-corrected chi connectivity index (χ0v) is 18.9. The molecule has 170 valence electrons. The van der Waals surface area contributed by atoms with Crippen LogP contribution < -0.4 is 5.32 Å². The number of rotatable bonds is 6. The van der Waals surface area contributed by atoms with Crippen molar-refractivity contribution in [3.8, 4) is 0 Å². The van der Waals surface area contributed by atoms with Crippen LogP contribution in [0.1, 0.15) is 53.1 Å². The summed E-state index contributed by atoms with van der Waals surface area (Å²) in [7, 11) is 3.99. The fourth-order valence-electron chi connectivity index (χ4n) is 5.34. The second kappa shape index (κ2) is 9.41. The molecule has 0 saturated carbocycles. The Morgan fingerprint density at radius 1 is 1.12 bits per heavy atom. The number of amides is 2. The van der Waals surface area contributed by atoms with Gasteiger partial charge in [-0.25, -0.2) is 4.39 Å². The smallest absolute Gasteiger partial charge is 0.253 e. The monoisotopic (exact) mass is 437 g/mol. The molecule has 6 heteroatoms. The number of likely N-dealkylation sites (tertiary alicyclic amines) is 1. The molecule has 1 heterocycles. The van der Waals surface area contributed by atoms with Crippen molar-refractivity contribution in [3.05, 3.63) is 71.0 Å². The molecule has 2 amide bonds. The largest absolute Gasteiger partial charge is 0.355 e. The zero-order chi connectivity index (χ0) is 22.7. The van der Waals surface area contributed by atoms with E-state index in [1.54, 1.807) is 12.1 Å². The summed E-state index contributed by atoms with van der Waals surface area (Å²) < 4.78 is 13.6. The van der Waals surface area contributed by atoms with E-state index in [1.807, 2.05) is 19.0 Å². The number of hydrogen-bond acceptors (Lipinski definition) is 3. The Kier molecular flexibility index (Phi) is 6.60. The van der Waals surface area contributed by atoms with Crippen LogP contribution in [0.15, 0.2) is 48.5 Å². The van der Waals surface area contributed by atoms with Crippen LogP contribution in [-0.4, -0.2) is 61.9 Å². The highest BCUT2D eigenvalue weighted by Gasteiger charge is 2.46. The van der Waals surface area contributed by atoms with Crippen LogP contribution in [0.3, 0.4) is 0 Å². The topological polar surface area (TPSA) is 52.7 Å². The summed E-state index contributed by atoms with van der Waals surface area (Å²) in [6.45, 7) is 2.77. The lowest BCUT2D eigenvalue weighted by Crippen LogP contribution is -2.44. The van der Waals surface area contributed by atoms with Gasteiger partial charge in [-0.1, -0.05) is 30.3 Å². The van der Waals surface area contributed by atoms with E-state index in [9.17, 15) is 14.0 Å². The Labute approximate surface area is 189 Å². The van der Waals surface area contributed by atoms with Crippen LogP contribution in [0, 0.1) is 5.82 Å². The first kappa shape index (κ1) is 22.5. The maximum absolute atomic E-state index is 13.6. The number of halogens is 1. The molecule has 0 aromatic heterocycles. The molecular weight excluding hydrogens is 405 g/mol. The molecule has 1 aliphatic heterocycles. The summed E-state index contributed by atoms with van der Waals surface area (Å²) in [6, 6.07) is 14.4. The second-order valence-electron chi connectivity index (χ2n) is 9.43. The lowest BCUT2D eigenvalue weighted by molar-refractivity contribution is -0.121. The van der Waals surface area contributed by atoms with Crippen molar-refractivity contribution in [1.82, 2.24) is 15.1 Å². The Morgan fingerprint density at radius 3 is 2.59 bits per heavy atom. The van der Waals surface area contributed by atoms with Gasteiger partial charge in [-0.05, 0) is 74.0 Å². The number of hydrogen-bond donors (Lipinski definition) is 1. The van der Waals surface area contributed by atoms with E-state index < -0.39 is 0 Å². The molecule has 2 aromatic rings. The van der Waals surface area contributed by atoms with Crippen molar-refractivity contribution < 1.29 is 14.0 Å². The highest BCUT2D eigenvalue weighted by Crippen LogP contribution is 2.52. The van der Waals surface area contributed by atoms with Crippen molar-refractivity contribution in [3.63, 3.8) is 0 Å². The first-order valence-electron chi connectivity index (χ1n) is 11.4. The Hall–Kier alpha value is -2.73. The molecule has 4 rings (SSSR count). The summed E-state index contributed by atoms with van der Waals surface area (Å²) >= 11 is 0. The van der Waals surface area contributed by atoms with E-state index in [4.69, 9.17) is 0 Å². The molecule has 1 aliphatic carbocycles. The summed E-state index contributed by atoms with van der Waals surface area (Å²) in [5, 5.41) is 3.04. The average molecular weight is 438 g/mol. The van der Waals surface area contributed by atoms with Gasteiger partial charge in [0.15, 0.2) is 0 Å². The van der Waals surface area contributed by atoms with Crippen LogP contribution in [0.5, 0.6) is 0 Å². The molecule has 1 spiro atoms. The maximum atomic E-state index is 13.6. The van der Waals surface area contributed by atoms with Crippen LogP contribution in [0.4, 0.5) is 4.39 Å². The lowest BCUT2D eigenvalue weighted by atomic mass is 9.73. The third-order valence-electron chi connectivity index (χ3n) is 7.00. The minimum Gasteiger partial charge on any atom is -0.355 e. The molecular formula is C26H32FN3O2.